The van der Waals surface area contributed by atoms with Crippen LogP contribution in [0.25, 0.3) is 11.5 Å². The Bertz CT molecular complexity index is 990. The maximum absolute atomic E-state index is 13.2. The predicted octanol–water partition coefficient (Wildman–Crippen LogP) is 3.92. The third-order valence-corrected chi connectivity index (χ3v) is 5.01. The van der Waals surface area contributed by atoms with Crippen LogP contribution in [-0.4, -0.2) is 39.7 Å². The van der Waals surface area contributed by atoms with Gasteiger partial charge in [-0.25, -0.2) is 4.39 Å². The lowest BCUT2D eigenvalue weighted by Gasteiger charge is -2.35. The standard InChI is InChI=1S/C20H19FN4O4/c1-13(24-10-11-28-18(12-24)14-2-6-16(21)7-3-14)19-22-23-20(29-19)15-4-8-17(9-5-15)25(26)27/h2-9,13,18H,10-12H2,1H3. The Hall–Kier alpha value is -3.17. The first-order chi connectivity index (χ1) is 14.0. The van der Waals surface area contributed by atoms with E-state index in [4.69, 9.17) is 9.15 Å². The second-order valence-electron chi connectivity index (χ2n) is 6.83. The first kappa shape index (κ1) is 19.2. The van der Waals surface area contributed by atoms with Gasteiger partial charge >= 0.3 is 0 Å². The predicted molar refractivity (Wildman–Crippen MR) is 101 cm³/mol. The van der Waals surface area contributed by atoms with E-state index in [2.05, 4.69) is 15.1 Å². The van der Waals surface area contributed by atoms with Crippen molar-refractivity contribution in [3.63, 3.8) is 0 Å². The number of morpholine rings is 1. The molecule has 0 radical (unpaired) electrons. The number of rotatable bonds is 5. The molecular formula is C20H19FN4O4. The fourth-order valence-electron chi connectivity index (χ4n) is 3.30. The Morgan fingerprint density at radius 3 is 2.59 bits per heavy atom. The summed E-state index contributed by atoms with van der Waals surface area (Å²) in [5, 5.41) is 19.0. The lowest BCUT2D eigenvalue weighted by molar-refractivity contribution is -0.384. The number of hydrogen-bond donors (Lipinski definition) is 0. The van der Waals surface area contributed by atoms with E-state index in [1.165, 1.54) is 24.3 Å². The number of nitro benzene ring substituents is 1. The molecule has 1 fully saturated rings. The monoisotopic (exact) mass is 398 g/mol. The highest BCUT2D eigenvalue weighted by molar-refractivity contribution is 5.55. The third kappa shape index (κ3) is 4.15. The SMILES string of the molecule is CC(c1nnc(-c2ccc([N+](=O)[O-])cc2)o1)N1CCOC(c2ccc(F)cc2)C1. The number of nitrogens with zero attached hydrogens (tertiary/aromatic N) is 4. The van der Waals surface area contributed by atoms with E-state index in [0.29, 0.717) is 37.0 Å². The van der Waals surface area contributed by atoms with Gasteiger partial charge in [0.2, 0.25) is 11.8 Å². The van der Waals surface area contributed by atoms with Crippen LogP contribution in [0, 0.1) is 15.9 Å². The van der Waals surface area contributed by atoms with E-state index < -0.39 is 4.92 Å². The quantitative estimate of drug-likeness (QED) is 0.475. The average molecular weight is 398 g/mol. The van der Waals surface area contributed by atoms with Crippen LogP contribution >= 0.6 is 0 Å². The summed E-state index contributed by atoms with van der Waals surface area (Å²) in [4.78, 5) is 12.5. The first-order valence-electron chi connectivity index (χ1n) is 9.20. The zero-order valence-electron chi connectivity index (χ0n) is 15.7. The molecule has 1 aromatic heterocycles. The van der Waals surface area contributed by atoms with Crippen molar-refractivity contribution in [2.24, 2.45) is 0 Å². The van der Waals surface area contributed by atoms with Crippen LogP contribution in [-0.2, 0) is 4.74 Å². The number of aromatic nitrogens is 2. The van der Waals surface area contributed by atoms with Crippen molar-refractivity contribution in [2.45, 2.75) is 19.1 Å². The molecule has 1 saturated heterocycles. The molecule has 1 aliphatic rings. The van der Waals surface area contributed by atoms with Gasteiger partial charge in [0.05, 0.1) is 23.7 Å². The summed E-state index contributed by atoms with van der Waals surface area (Å²) in [7, 11) is 0. The molecule has 4 rings (SSSR count). The summed E-state index contributed by atoms with van der Waals surface area (Å²) in [6.45, 7) is 3.83. The van der Waals surface area contributed by atoms with Gasteiger partial charge in [-0.05, 0) is 36.8 Å². The van der Waals surface area contributed by atoms with E-state index in [1.807, 2.05) is 6.92 Å². The number of nitro groups is 1. The summed E-state index contributed by atoms with van der Waals surface area (Å²) in [5.41, 5.74) is 1.54. The Kier molecular flexibility index (Phi) is 5.32. The van der Waals surface area contributed by atoms with Crippen LogP contribution in [0.5, 0.6) is 0 Å². The molecule has 8 nitrogen and oxygen atoms in total. The smallest absolute Gasteiger partial charge is 0.269 e. The minimum Gasteiger partial charge on any atom is -0.419 e. The zero-order chi connectivity index (χ0) is 20.4. The highest BCUT2D eigenvalue weighted by atomic mass is 19.1. The highest BCUT2D eigenvalue weighted by Crippen LogP contribution is 2.30. The highest BCUT2D eigenvalue weighted by Gasteiger charge is 2.29. The summed E-state index contributed by atoms with van der Waals surface area (Å²) in [5.74, 6) is 0.489. The van der Waals surface area contributed by atoms with Crippen LogP contribution < -0.4 is 0 Å². The van der Waals surface area contributed by atoms with Gasteiger partial charge in [0.1, 0.15) is 5.82 Å². The van der Waals surface area contributed by atoms with Crippen molar-refractivity contribution in [1.82, 2.24) is 15.1 Å². The summed E-state index contributed by atoms with van der Waals surface area (Å²) in [6, 6.07) is 12.1. The van der Waals surface area contributed by atoms with E-state index in [9.17, 15) is 14.5 Å². The topological polar surface area (TPSA) is 94.5 Å². The number of halogens is 1. The van der Waals surface area contributed by atoms with Gasteiger partial charge in [-0.15, -0.1) is 10.2 Å². The van der Waals surface area contributed by atoms with Crippen molar-refractivity contribution in [2.75, 3.05) is 19.7 Å². The number of benzene rings is 2. The molecule has 0 amide bonds. The molecule has 150 valence electrons. The van der Waals surface area contributed by atoms with Crippen LogP contribution in [0.15, 0.2) is 52.9 Å². The van der Waals surface area contributed by atoms with Crippen molar-refractivity contribution in [3.05, 3.63) is 75.9 Å². The molecule has 2 aromatic carbocycles. The molecule has 29 heavy (non-hydrogen) atoms. The first-order valence-corrected chi connectivity index (χ1v) is 9.20. The molecule has 2 atom stereocenters. The molecule has 0 spiro atoms. The zero-order valence-corrected chi connectivity index (χ0v) is 15.7. The lowest BCUT2D eigenvalue weighted by Crippen LogP contribution is -2.40. The second kappa shape index (κ2) is 8.06. The average Bonchev–Trinajstić information content (AvgIpc) is 3.24. The maximum Gasteiger partial charge on any atom is 0.269 e. The van der Waals surface area contributed by atoms with Crippen LogP contribution in [0.3, 0.4) is 0 Å². The molecule has 0 aliphatic carbocycles. The van der Waals surface area contributed by atoms with E-state index in [-0.39, 0.29) is 23.7 Å². The van der Waals surface area contributed by atoms with Crippen molar-refractivity contribution < 1.29 is 18.5 Å². The van der Waals surface area contributed by atoms with Gasteiger partial charge < -0.3 is 9.15 Å². The summed E-state index contributed by atoms with van der Waals surface area (Å²) < 4.78 is 24.8. The van der Waals surface area contributed by atoms with Crippen molar-refractivity contribution in [1.29, 1.82) is 0 Å². The third-order valence-electron chi connectivity index (χ3n) is 5.01. The Morgan fingerprint density at radius 1 is 1.17 bits per heavy atom. The van der Waals surface area contributed by atoms with Crippen LogP contribution in [0.4, 0.5) is 10.1 Å². The molecule has 2 unspecified atom stereocenters. The lowest BCUT2D eigenvalue weighted by atomic mass is 10.1. The normalized spacial score (nSPS) is 18.5. The molecule has 9 heteroatoms. The minimum absolute atomic E-state index is 0.00186. The molecule has 0 saturated carbocycles. The number of hydrogen-bond acceptors (Lipinski definition) is 7. The Balaban J connectivity index is 1.47. The van der Waals surface area contributed by atoms with E-state index in [0.717, 1.165) is 5.56 Å². The number of non-ortho nitro benzene ring substituents is 1. The van der Waals surface area contributed by atoms with Gasteiger partial charge in [-0.3, -0.25) is 15.0 Å². The fourth-order valence-corrected chi connectivity index (χ4v) is 3.30. The second-order valence-corrected chi connectivity index (χ2v) is 6.83. The molecule has 3 aromatic rings. The van der Waals surface area contributed by atoms with Crippen LogP contribution in [0.1, 0.15) is 30.5 Å². The largest absolute Gasteiger partial charge is 0.419 e. The van der Waals surface area contributed by atoms with Gasteiger partial charge in [-0.2, -0.15) is 0 Å². The molecule has 0 N–H and O–H groups in total. The molecule has 1 aliphatic heterocycles. The van der Waals surface area contributed by atoms with Crippen LogP contribution in [0.2, 0.25) is 0 Å². The Labute approximate surface area is 166 Å². The van der Waals surface area contributed by atoms with E-state index >= 15 is 0 Å². The van der Waals surface area contributed by atoms with Crippen molar-refractivity contribution in [3.8, 4) is 11.5 Å². The fraction of sp³-hybridized carbons (Fsp3) is 0.300. The van der Waals surface area contributed by atoms with Gasteiger partial charge in [-0.1, -0.05) is 12.1 Å². The molecular weight excluding hydrogens is 379 g/mol. The Morgan fingerprint density at radius 2 is 1.90 bits per heavy atom. The van der Waals surface area contributed by atoms with Gasteiger partial charge in [0.25, 0.3) is 5.69 Å². The summed E-state index contributed by atoms with van der Waals surface area (Å²) >= 11 is 0. The molecule has 0 bridgehead atoms. The van der Waals surface area contributed by atoms with E-state index in [1.54, 1.807) is 24.3 Å². The molecule has 2 heterocycles. The summed E-state index contributed by atoms with van der Waals surface area (Å²) in [6.07, 6.45) is -0.163. The van der Waals surface area contributed by atoms with Gasteiger partial charge in [0.15, 0.2) is 0 Å². The van der Waals surface area contributed by atoms with Gasteiger partial charge in [0, 0.05) is 30.8 Å². The maximum atomic E-state index is 13.2. The van der Waals surface area contributed by atoms with Crippen molar-refractivity contribution >= 4 is 5.69 Å². The minimum atomic E-state index is -0.457. The number of ether oxygens (including phenoxy) is 1.